The van der Waals surface area contributed by atoms with E-state index < -0.39 is 0 Å². The van der Waals surface area contributed by atoms with Crippen molar-refractivity contribution >= 4 is 21.5 Å². The summed E-state index contributed by atoms with van der Waals surface area (Å²) in [5.74, 6) is 0. The number of benzene rings is 1. The van der Waals surface area contributed by atoms with Gasteiger partial charge < -0.3 is 5.32 Å². The number of rotatable bonds is 2. The van der Waals surface area contributed by atoms with Crippen LogP contribution < -0.4 is 5.32 Å². The molecule has 1 aliphatic rings. The molecule has 1 nitrogen and oxygen atoms in total. The first-order valence-corrected chi connectivity index (χ1v) is 5.85. The van der Waals surface area contributed by atoms with Gasteiger partial charge in [-0.25, -0.2) is 0 Å². The third-order valence-corrected chi connectivity index (χ3v) is 3.65. The van der Waals surface area contributed by atoms with E-state index in [-0.39, 0.29) is 4.45 Å². The molecular weight excluding hydrogens is 250 g/mol. The van der Waals surface area contributed by atoms with Gasteiger partial charge in [-0.3, -0.25) is 0 Å². The molecule has 0 aliphatic heterocycles. The number of halogens is 1. The van der Waals surface area contributed by atoms with E-state index in [1.165, 1.54) is 11.1 Å². The second kappa shape index (κ2) is 4.33. The molecular formula is C13H14BrN. The molecule has 0 saturated carbocycles. The van der Waals surface area contributed by atoms with Crippen LogP contribution in [0, 0.1) is 0 Å². The molecule has 1 aromatic carbocycles. The van der Waals surface area contributed by atoms with Crippen molar-refractivity contribution in [3.63, 3.8) is 0 Å². The molecule has 1 N–H and O–H groups in total. The zero-order valence-corrected chi connectivity index (χ0v) is 10.3. The quantitative estimate of drug-likeness (QED) is 0.638. The Morgan fingerprint density at radius 3 is 2.53 bits per heavy atom. The van der Waals surface area contributed by atoms with Crippen LogP contribution >= 0.6 is 15.9 Å². The van der Waals surface area contributed by atoms with E-state index in [0.29, 0.717) is 0 Å². The number of likely N-dealkylation sites (N-methyl/N-ethyl adjacent to an activating group) is 1. The van der Waals surface area contributed by atoms with Gasteiger partial charge in [0.05, 0.1) is 4.45 Å². The van der Waals surface area contributed by atoms with Gasteiger partial charge in [0.2, 0.25) is 0 Å². The Hall–Kier alpha value is -0.860. The second-order valence-electron chi connectivity index (χ2n) is 3.68. The van der Waals surface area contributed by atoms with Crippen LogP contribution in [0.15, 0.2) is 48.6 Å². The van der Waals surface area contributed by atoms with Crippen molar-refractivity contribution in [3.05, 3.63) is 54.1 Å². The first kappa shape index (κ1) is 10.7. The fourth-order valence-electron chi connectivity index (χ4n) is 1.65. The molecule has 0 aromatic heterocycles. The van der Waals surface area contributed by atoms with Gasteiger partial charge in [0.1, 0.15) is 0 Å². The lowest BCUT2D eigenvalue weighted by molar-refractivity contribution is 0.631. The normalized spacial score (nSPS) is 25.1. The second-order valence-corrected chi connectivity index (χ2v) is 5.09. The minimum absolute atomic E-state index is 0.0642. The van der Waals surface area contributed by atoms with Crippen LogP contribution in [-0.2, 0) is 0 Å². The summed E-state index contributed by atoms with van der Waals surface area (Å²) in [6.45, 7) is 0. The topological polar surface area (TPSA) is 12.0 Å². The summed E-state index contributed by atoms with van der Waals surface area (Å²) in [6, 6.07) is 10.4. The molecule has 1 aromatic rings. The lowest BCUT2D eigenvalue weighted by Gasteiger charge is -2.25. The van der Waals surface area contributed by atoms with Crippen molar-refractivity contribution in [2.45, 2.75) is 10.9 Å². The Morgan fingerprint density at radius 2 is 2.00 bits per heavy atom. The van der Waals surface area contributed by atoms with Crippen molar-refractivity contribution in [1.29, 1.82) is 0 Å². The smallest absolute Gasteiger partial charge is 0.0963 e. The van der Waals surface area contributed by atoms with Crippen molar-refractivity contribution < 1.29 is 0 Å². The molecule has 15 heavy (non-hydrogen) atoms. The van der Waals surface area contributed by atoms with E-state index in [9.17, 15) is 0 Å². The van der Waals surface area contributed by atoms with Gasteiger partial charge in [-0.15, -0.1) is 0 Å². The molecule has 2 heteroatoms. The molecule has 0 spiro atoms. The number of hydrogen-bond acceptors (Lipinski definition) is 1. The first-order valence-electron chi connectivity index (χ1n) is 5.06. The van der Waals surface area contributed by atoms with Gasteiger partial charge in [0.25, 0.3) is 0 Å². The number of nitrogens with one attached hydrogen (secondary N) is 1. The van der Waals surface area contributed by atoms with E-state index in [0.717, 1.165) is 6.42 Å². The fourth-order valence-corrected chi connectivity index (χ4v) is 1.94. The van der Waals surface area contributed by atoms with Crippen LogP contribution in [-0.4, -0.2) is 11.5 Å². The van der Waals surface area contributed by atoms with Gasteiger partial charge in [0.15, 0.2) is 0 Å². The Kier molecular flexibility index (Phi) is 3.08. The first-order chi connectivity index (χ1) is 7.23. The number of hydrogen-bond donors (Lipinski definition) is 1. The van der Waals surface area contributed by atoms with Crippen LogP contribution in [0.1, 0.15) is 12.0 Å². The molecule has 1 aliphatic carbocycles. The number of allylic oxidation sites excluding steroid dienone is 2. The van der Waals surface area contributed by atoms with E-state index >= 15 is 0 Å². The minimum Gasteiger partial charge on any atom is -0.302 e. The van der Waals surface area contributed by atoms with Crippen molar-refractivity contribution in [2.24, 2.45) is 0 Å². The highest BCUT2D eigenvalue weighted by Crippen LogP contribution is 2.30. The average molecular weight is 264 g/mol. The number of alkyl halides is 1. The Balaban J connectivity index is 2.20. The van der Waals surface area contributed by atoms with E-state index in [2.05, 4.69) is 63.7 Å². The van der Waals surface area contributed by atoms with E-state index in [1.54, 1.807) is 0 Å². The van der Waals surface area contributed by atoms with Gasteiger partial charge in [-0.05, 0) is 24.6 Å². The Bertz CT molecular complexity index is 394. The average Bonchev–Trinajstić information content (AvgIpc) is 2.31. The summed E-state index contributed by atoms with van der Waals surface area (Å²) in [7, 11) is 1.96. The third-order valence-electron chi connectivity index (χ3n) is 2.67. The van der Waals surface area contributed by atoms with Crippen molar-refractivity contribution in [2.75, 3.05) is 7.05 Å². The molecule has 0 saturated heterocycles. The summed E-state index contributed by atoms with van der Waals surface area (Å²) >= 11 is 3.65. The van der Waals surface area contributed by atoms with Gasteiger partial charge in [0, 0.05) is 0 Å². The maximum absolute atomic E-state index is 3.65. The van der Waals surface area contributed by atoms with Crippen LogP contribution in [0.25, 0.3) is 5.57 Å². The highest BCUT2D eigenvalue weighted by molar-refractivity contribution is 9.10. The maximum atomic E-state index is 3.65. The molecule has 78 valence electrons. The Labute approximate surface area is 99.0 Å². The SMILES string of the molecule is CNC1(Br)C=CC(c2ccccc2)=CC1. The van der Waals surface area contributed by atoms with E-state index in [4.69, 9.17) is 0 Å². The summed E-state index contributed by atoms with van der Waals surface area (Å²) in [5.41, 5.74) is 2.57. The maximum Gasteiger partial charge on any atom is 0.0963 e. The molecule has 1 atom stereocenters. The molecule has 1 unspecified atom stereocenters. The van der Waals surface area contributed by atoms with Crippen molar-refractivity contribution in [3.8, 4) is 0 Å². The highest BCUT2D eigenvalue weighted by Gasteiger charge is 2.22. The van der Waals surface area contributed by atoms with Crippen LogP contribution in [0.2, 0.25) is 0 Å². The lowest BCUT2D eigenvalue weighted by Crippen LogP contribution is -2.34. The predicted molar refractivity (Wildman–Crippen MR) is 68.9 cm³/mol. The summed E-state index contributed by atoms with van der Waals surface area (Å²) in [4.78, 5) is 0. The summed E-state index contributed by atoms with van der Waals surface area (Å²) < 4.78 is -0.0642. The largest absolute Gasteiger partial charge is 0.302 e. The highest BCUT2D eigenvalue weighted by atomic mass is 79.9. The monoisotopic (exact) mass is 263 g/mol. The zero-order valence-electron chi connectivity index (χ0n) is 8.70. The molecule has 0 bridgehead atoms. The zero-order chi connectivity index (χ0) is 10.7. The van der Waals surface area contributed by atoms with Gasteiger partial charge in [-0.2, -0.15) is 0 Å². The Morgan fingerprint density at radius 1 is 1.27 bits per heavy atom. The third kappa shape index (κ3) is 2.39. The molecule has 0 heterocycles. The van der Waals surface area contributed by atoms with Crippen molar-refractivity contribution in [1.82, 2.24) is 5.32 Å². The molecule has 2 rings (SSSR count). The standard InChI is InChI=1S/C13H14BrN/c1-15-13(14)9-7-12(8-10-13)11-5-3-2-4-6-11/h2-9,15H,10H2,1H3. The predicted octanol–water partition coefficient (Wildman–Crippen LogP) is 3.34. The molecule has 0 fully saturated rings. The lowest BCUT2D eigenvalue weighted by atomic mass is 9.97. The molecule has 0 radical (unpaired) electrons. The minimum atomic E-state index is -0.0642. The summed E-state index contributed by atoms with van der Waals surface area (Å²) in [6.07, 6.45) is 7.53. The van der Waals surface area contributed by atoms with Gasteiger partial charge in [-0.1, -0.05) is 64.5 Å². The van der Waals surface area contributed by atoms with Crippen LogP contribution in [0.5, 0.6) is 0 Å². The van der Waals surface area contributed by atoms with Crippen LogP contribution in [0.3, 0.4) is 0 Å². The van der Waals surface area contributed by atoms with Gasteiger partial charge >= 0.3 is 0 Å². The molecule has 0 amide bonds. The van der Waals surface area contributed by atoms with E-state index in [1.807, 2.05) is 13.1 Å². The van der Waals surface area contributed by atoms with Crippen LogP contribution in [0.4, 0.5) is 0 Å². The summed E-state index contributed by atoms with van der Waals surface area (Å²) in [5, 5.41) is 3.24. The fraction of sp³-hybridized carbons (Fsp3) is 0.231.